The Hall–Kier alpha value is -1.69. The van der Waals surface area contributed by atoms with E-state index in [1.165, 1.54) is 0 Å². The van der Waals surface area contributed by atoms with Crippen LogP contribution in [0.5, 0.6) is 0 Å². The van der Waals surface area contributed by atoms with Crippen molar-refractivity contribution in [1.82, 2.24) is 20.2 Å². The minimum atomic E-state index is 0.0665. The van der Waals surface area contributed by atoms with E-state index in [-0.39, 0.29) is 6.10 Å². The highest BCUT2D eigenvalue weighted by Crippen LogP contribution is 2.28. The summed E-state index contributed by atoms with van der Waals surface area (Å²) in [6.07, 6.45) is 3.77. The Morgan fingerprint density at radius 3 is 3.20 bits per heavy atom. The molecule has 15 heavy (non-hydrogen) atoms. The number of hydrogen-bond donors (Lipinski definition) is 2. The van der Waals surface area contributed by atoms with Gasteiger partial charge < -0.3 is 15.5 Å². The minimum absolute atomic E-state index is 0.0665. The number of imidazole rings is 1. The van der Waals surface area contributed by atoms with E-state index < -0.39 is 0 Å². The number of rotatable bonds is 1. The predicted octanol–water partition coefficient (Wildman–Crippen LogP) is 0.787. The van der Waals surface area contributed by atoms with E-state index in [0.717, 1.165) is 30.8 Å². The molecule has 3 heterocycles. The van der Waals surface area contributed by atoms with E-state index in [4.69, 9.17) is 10.5 Å². The van der Waals surface area contributed by atoms with Gasteiger partial charge in [0.1, 0.15) is 17.4 Å². The van der Waals surface area contributed by atoms with E-state index in [1.54, 1.807) is 6.20 Å². The van der Waals surface area contributed by atoms with Gasteiger partial charge in [-0.2, -0.15) is 5.10 Å². The van der Waals surface area contributed by atoms with Crippen molar-refractivity contribution < 1.29 is 4.74 Å². The molecule has 0 spiro atoms. The molecule has 78 valence electrons. The van der Waals surface area contributed by atoms with Crippen LogP contribution in [0.4, 0.5) is 5.82 Å². The average Bonchev–Trinajstić information content (AvgIpc) is 2.86. The molecule has 6 heteroatoms. The molecule has 0 bridgehead atoms. The van der Waals surface area contributed by atoms with Crippen LogP contribution in [-0.4, -0.2) is 26.8 Å². The molecule has 1 saturated heterocycles. The molecule has 1 aliphatic heterocycles. The maximum absolute atomic E-state index is 5.67. The third-order valence-corrected chi connectivity index (χ3v) is 2.58. The quantitative estimate of drug-likeness (QED) is 0.718. The van der Waals surface area contributed by atoms with Crippen molar-refractivity contribution in [3.05, 3.63) is 12.0 Å². The summed E-state index contributed by atoms with van der Waals surface area (Å²) < 4.78 is 5.53. The Bertz CT molecular complexity index is 488. The maximum atomic E-state index is 5.67. The Labute approximate surface area is 85.9 Å². The average molecular weight is 205 g/mol. The van der Waals surface area contributed by atoms with Crippen molar-refractivity contribution in [2.24, 2.45) is 0 Å². The summed E-state index contributed by atoms with van der Waals surface area (Å²) in [5.41, 5.74) is 7.16. The lowest BCUT2D eigenvalue weighted by atomic mass is 10.2. The third kappa shape index (κ3) is 1.33. The molecule has 2 aromatic rings. The highest BCUT2D eigenvalue weighted by atomic mass is 16.5. The topological polar surface area (TPSA) is 89.7 Å². The molecule has 0 aliphatic carbocycles. The number of ether oxygens (including phenoxy) is 1. The molecule has 6 nitrogen and oxygen atoms in total. The van der Waals surface area contributed by atoms with Crippen LogP contribution in [0.2, 0.25) is 0 Å². The summed E-state index contributed by atoms with van der Waals surface area (Å²) in [5.74, 6) is 1.18. The molecular formula is C9H11N5O. The van der Waals surface area contributed by atoms with Crippen LogP contribution in [0.3, 0.4) is 0 Å². The normalized spacial score (nSPS) is 21.2. The number of anilines is 1. The molecule has 1 unspecified atom stereocenters. The van der Waals surface area contributed by atoms with E-state index in [0.29, 0.717) is 11.3 Å². The molecule has 3 N–H and O–H groups in total. The summed E-state index contributed by atoms with van der Waals surface area (Å²) in [6, 6.07) is 0. The van der Waals surface area contributed by atoms with Gasteiger partial charge >= 0.3 is 0 Å². The number of nitrogens with one attached hydrogen (secondary N) is 1. The van der Waals surface area contributed by atoms with Crippen molar-refractivity contribution in [2.75, 3.05) is 12.3 Å². The zero-order valence-corrected chi connectivity index (χ0v) is 8.10. The molecule has 2 aromatic heterocycles. The Kier molecular flexibility index (Phi) is 1.81. The predicted molar refractivity (Wildman–Crippen MR) is 54.0 cm³/mol. The first-order valence-electron chi connectivity index (χ1n) is 4.93. The SMILES string of the molecule is Nc1nncc2[nH]c(C3CCCO3)nc12. The number of aromatic amines is 1. The van der Waals surface area contributed by atoms with Gasteiger partial charge in [0.15, 0.2) is 5.82 Å². The van der Waals surface area contributed by atoms with Crippen LogP contribution in [0.1, 0.15) is 24.8 Å². The number of aromatic nitrogens is 4. The first-order chi connectivity index (χ1) is 7.34. The lowest BCUT2D eigenvalue weighted by Gasteiger charge is -2.03. The Balaban J connectivity index is 2.09. The van der Waals surface area contributed by atoms with Crippen molar-refractivity contribution in [3.63, 3.8) is 0 Å². The molecule has 0 amide bonds. The smallest absolute Gasteiger partial charge is 0.174 e. The number of nitrogens with zero attached hydrogens (tertiary/aromatic N) is 3. The van der Waals surface area contributed by atoms with Gasteiger partial charge in [0.05, 0.1) is 11.7 Å². The van der Waals surface area contributed by atoms with Gasteiger partial charge in [-0.1, -0.05) is 0 Å². The van der Waals surface area contributed by atoms with Crippen LogP contribution in [0.25, 0.3) is 11.0 Å². The summed E-state index contributed by atoms with van der Waals surface area (Å²) in [5, 5.41) is 7.52. The second-order valence-electron chi connectivity index (χ2n) is 3.62. The number of hydrogen-bond acceptors (Lipinski definition) is 5. The molecule has 0 aromatic carbocycles. The second-order valence-corrected chi connectivity index (χ2v) is 3.62. The highest BCUT2D eigenvalue weighted by Gasteiger charge is 2.21. The molecule has 1 atom stereocenters. The van der Waals surface area contributed by atoms with Gasteiger partial charge in [-0.05, 0) is 12.8 Å². The van der Waals surface area contributed by atoms with Crippen LogP contribution in [0.15, 0.2) is 6.20 Å². The summed E-state index contributed by atoms with van der Waals surface area (Å²) in [7, 11) is 0. The van der Waals surface area contributed by atoms with Gasteiger partial charge in [-0.3, -0.25) is 0 Å². The monoisotopic (exact) mass is 205 g/mol. The van der Waals surface area contributed by atoms with Gasteiger partial charge in [-0.15, -0.1) is 5.10 Å². The Morgan fingerprint density at radius 1 is 1.53 bits per heavy atom. The van der Waals surface area contributed by atoms with E-state index in [2.05, 4.69) is 20.2 Å². The van der Waals surface area contributed by atoms with Crippen LogP contribution >= 0.6 is 0 Å². The third-order valence-electron chi connectivity index (χ3n) is 2.58. The molecule has 0 radical (unpaired) electrons. The first-order valence-corrected chi connectivity index (χ1v) is 4.93. The number of H-pyrrole nitrogens is 1. The highest BCUT2D eigenvalue weighted by molar-refractivity contribution is 5.83. The summed E-state index contributed by atoms with van der Waals surface area (Å²) in [6.45, 7) is 0.799. The Morgan fingerprint density at radius 2 is 2.47 bits per heavy atom. The zero-order valence-electron chi connectivity index (χ0n) is 8.10. The zero-order chi connectivity index (χ0) is 10.3. The van der Waals surface area contributed by atoms with Crippen LogP contribution in [0, 0.1) is 0 Å². The largest absolute Gasteiger partial charge is 0.380 e. The number of fused-ring (bicyclic) bond motifs is 1. The minimum Gasteiger partial charge on any atom is -0.380 e. The fraction of sp³-hybridized carbons (Fsp3) is 0.444. The maximum Gasteiger partial charge on any atom is 0.174 e. The van der Waals surface area contributed by atoms with Gasteiger partial charge in [0, 0.05) is 6.61 Å². The van der Waals surface area contributed by atoms with Gasteiger partial charge in [0.2, 0.25) is 0 Å². The number of nitrogens with two attached hydrogens (primary N) is 1. The fourth-order valence-electron chi connectivity index (χ4n) is 1.84. The van der Waals surface area contributed by atoms with Crippen molar-refractivity contribution in [3.8, 4) is 0 Å². The molecule has 0 saturated carbocycles. The lowest BCUT2D eigenvalue weighted by Crippen LogP contribution is -1.97. The van der Waals surface area contributed by atoms with Crippen LogP contribution < -0.4 is 5.73 Å². The first kappa shape index (κ1) is 8.60. The molecular weight excluding hydrogens is 194 g/mol. The van der Waals surface area contributed by atoms with E-state index in [9.17, 15) is 0 Å². The van der Waals surface area contributed by atoms with Gasteiger partial charge in [-0.25, -0.2) is 4.98 Å². The van der Waals surface area contributed by atoms with E-state index in [1.807, 2.05) is 0 Å². The molecule has 1 aliphatic rings. The molecule has 1 fully saturated rings. The summed E-state index contributed by atoms with van der Waals surface area (Å²) >= 11 is 0. The lowest BCUT2D eigenvalue weighted by molar-refractivity contribution is 0.106. The summed E-state index contributed by atoms with van der Waals surface area (Å²) in [4.78, 5) is 7.55. The van der Waals surface area contributed by atoms with Crippen molar-refractivity contribution in [2.45, 2.75) is 18.9 Å². The van der Waals surface area contributed by atoms with Crippen LogP contribution in [-0.2, 0) is 4.74 Å². The van der Waals surface area contributed by atoms with Gasteiger partial charge in [0.25, 0.3) is 0 Å². The van der Waals surface area contributed by atoms with Crippen molar-refractivity contribution >= 4 is 16.9 Å². The van der Waals surface area contributed by atoms with Crippen molar-refractivity contribution in [1.29, 1.82) is 0 Å². The second kappa shape index (κ2) is 3.16. The number of nitrogen functional groups attached to an aromatic ring is 1. The fourth-order valence-corrected chi connectivity index (χ4v) is 1.84. The van der Waals surface area contributed by atoms with E-state index >= 15 is 0 Å². The molecule has 3 rings (SSSR count). The standard InChI is InChI=1S/C9H11N5O/c10-8-7-5(4-11-14-8)12-9(13-7)6-2-1-3-15-6/h4,6H,1-3H2,(H2,10,14)(H,12,13).